The summed E-state index contributed by atoms with van der Waals surface area (Å²) in [5, 5.41) is 13.7. The molecule has 4 rings (SSSR count). The second-order valence-electron chi connectivity index (χ2n) is 6.42. The van der Waals surface area contributed by atoms with E-state index < -0.39 is 5.60 Å². The molecule has 0 spiro atoms. The van der Waals surface area contributed by atoms with Crippen molar-refractivity contribution in [2.45, 2.75) is 24.9 Å². The Morgan fingerprint density at radius 1 is 1.12 bits per heavy atom. The van der Waals surface area contributed by atoms with Gasteiger partial charge in [0, 0.05) is 18.5 Å². The molecule has 2 aromatic carbocycles. The van der Waals surface area contributed by atoms with Gasteiger partial charge in [0.2, 0.25) is 6.79 Å². The first-order valence-corrected chi connectivity index (χ1v) is 8.10. The number of benzene rings is 2. The van der Waals surface area contributed by atoms with Crippen molar-refractivity contribution in [1.29, 1.82) is 0 Å². The molecule has 2 aliphatic rings. The van der Waals surface area contributed by atoms with Crippen molar-refractivity contribution in [2.24, 2.45) is 0 Å². The number of aliphatic hydroxyl groups is 1. The SMILES string of the molecule is O=C(NC[C@@]1(O)CCc2ccccc2C1)c1ccc2c(c1)OCO2. The van der Waals surface area contributed by atoms with Crippen LogP contribution in [0.4, 0.5) is 0 Å². The number of aryl methyl sites for hydroxylation is 1. The van der Waals surface area contributed by atoms with Gasteiger partial charge in [-0.15, -0.1) is 0 Å². The van der Waals surface area contributed by atoms with E-state index in [4.69, 9.17) is 9.47 Å². The zero-order valence-corrected chi connectivity index (χ0v) is 13.2. The molecular weight excluding hydrogens is 306 g/mol. The van der Waals surface area contributed by atoms with Gasteiger partial charge in [0.05, 0.1) is 5.60 Å². The van der Waals surface area contributed by atoms with E-state index in [1.807, 2.05) is 18.2 Å². The highest BCUT2D eigenvalue weighted by Gasteiger charge is 2.32. The summed E-state index contributed by atoms with van der Waals surface area (Å²) in [7, 11) is 0. The van der Waals surface area contributed by atoms with Crippen LogP contribution >= 0.6 is 0 Å². The van der Waals surface area contributed by atoms with E-state index in [0.29, 0.717) is 29.9 Å². The molecule has 0 saturated heterocycles. The van der Waals surface area contributed by atoms with Gasteiger partial charge in [-0.1, -0.05) is 24.3 Å². The first kappa shape index (κ1) is 15.0. The molecule has 1 amide bonds. The van der Waals surface area contributed by atoms with Gasteiger partial charge in [-0.25, -0.2) is 0 Å². The predicted octanol–water partition coefficient (Wildman–Crippen LogP) is 2.07. The van der Waals surface area contributed by atoms with Gasteiger partial charge < -0.3 is 19.9 Å². The predicted molar refractivity (Wildman–Crippen MR) is 88.3 cm³/mol. The van der Waals surface area contributed by atoms with Crippen molar-refractivity contribution in [3.05, 3.63) is 59.2 Å². The van der Waals surface area contributed by atoms with E-state index in [-0.39, 0.29) is 19.2 Å². The summed E-state index contributed by atoms with van der Waals surface area (Å²) >= 11 is 0. The summed E-state index contributed by atoms with van der Waals surface area (Å²) in [5.74, 6) is 1.00. The standard InChI is InChI=1S/C19H19NO4/c21-18(14-5-6-16-17(9-14)24-12-23-16)20-11-19(22)8-7-13-3-1-2-4-15(13)10-19/h1-6,9,22H,7-8,10-12H2,(H,20,21)/t19-/m1/s1. The van der Waals surface area contributed by atoms with Gasteiger partial charge in [0.25, 0.3) is 5.91 Å². The third-order valence-corrected chi connectivity index (χ3v) is 4.71. The van der Waals surface area contributed by atoms with E-state index in [9.17, 15) is 9.90 Å². The second-order valence-corrected chi connectivity index (χ2v) is 6.42. The summed E-state index contributed by atoms with van der Waals surface area (Å²) in [4.78, 5) is 12.4. The zero-order chi connectivity index (χ0) is 16.6. The normalized spacial score (nSPS) is 21.2. The van der Waals surface area contributed by atoms with E-state index in [0.717, 1.165) is 12.0 Å². The van der Waals surface area contributed by atoms with Crippen LogP contribution in [0.15, 0.2) is 42.5 Å². The third kappa shape index (κ3) is 2.83. The zero-order valence-electron chi connectivity index (χ0n) is 13.2. The number of carbonyl (C=O) groups excluding carboxylic acids is 1. The van der Waals surface area contributed by atoms with Gasteiger partial charge in [-0.3, -0.25) is 4.79 Å². The molecule has 1 atom stereocenters. The molecule has 0 aromatic heterocycles. The number of amides is 1. The quantitative estimate of drug-likeness (QED) is 0.906. The van der Waals surface area contributed by atoms with Crippen molar-refractivity contribution in [3.8, 4) is 11.5 Å². The molecule has 5 heteroatoms. The average Bonchev–Trinajstić information content (AvgIpc) is 3.07. The van der Waals surface area contributed by atoms with E-state index in [1.54, 1.807) is 18.2 Å². The molecule has 0 radical (unpaired) electrons. The van der Waals surface area contributed by atoms with E-state index in [2.05, 4.69) is 11.4 Å². The molecular formula is C19H19NO4. The maximum absolute atomic E-state index is 12.4. The van der Waals surface area contributed by atoms with Crippen molar-refractivity contribution in [2.75, 3.05) is 13.3 Å². The number of nitrogens with one attached hydrogen (secondary N) is 1. The molecule has 2 N–H and O–H groups in total. The second kappa shape index (κ2) is 5.83. The smallest absolute Gasteiger partial charge is 0.251 e. The lowest BCUT2D eigenvalue weighted by Crippen LogP contribution is -2.46. The molecule has 24 heavy (non-hydrogen) atoms. The van der Waals surface area contributed by atoms with Crippen LogP contribution in [0.5, 0.6) is 11.5 Å². The van der Waals surface area contributed by atoms with Crippen molar-refractivity contribution in [1.82, 2.24) is 5.32 Å². The van der Waals surface area contributed by atoms with Crippen LogP contribution in [-0.4, -0.2) is 30.0 Å². The molecule has 1 heterocycles. The van der Waals surface area contributed by atoms with Gasteiger partial charge in [0.15, 0.2) is 11.5 Å². The van der Waals surface area contributed by atoms with Crippen LogP contribution in [-0.2, 0) is 12.8 Å². The van der Waals surface area contributed by atoms with Crippen molar-refractivity contribution in [3.63, 3.8) is 0 Å². The lowest BCUT2D eigenvalue weighted by molar-refractivity contribution is 0.0260. The minimum atomic E-state index is -0.902. The maximum Gasteiger partial charge on any atom is 0.251 e. The Morgan fingerprint density at radius 3 is 2.79 bits per heavy atom. The number of carbonyl (C=O) groups is 1. The van der Waals surface area contributed by atoms with Crippen molar-refractivity contribution < 1.29 is 19.4 Å². The lowest BCUT2D eigenvalue weighted by atomic mass is 9.80. The number of rotatable bonds is 3. The Bertz CT molecular complexity index is 789. The summed E-state index contributed by atoms with van der Waals surface area (Å²) in [6, 6.07) is 13.2. The maximum atomic E-state index is 12.4. The van der Waals surface area contributed by atoms with Crippen LogP contribution in [0.1, 0.15) is 27.9 Å². The first-order valence-electron chi connectivity index (χ1n) is 8.10. The number of hydrogen-bond acceptors (Lipinski definition) is 4. The summed E-state index contributed by atoms with van der Waals surface area (Å²) < 4.78 is 10.5. The molecule has 0 fully saturated rings. The highest BCUT2D eigenvalue weighted by atomic mass is 16.7. The lowest BCUT2D eigenvalue weighted by Gasteiger charge is -2.33. The van der Waals surface area contributed by atoms with E-state index in [1.165, 1.54) is 5.56 Å². The minimum Gasteiger partial charge on any atom is -0.454 e. The average molecular weight is 325 g/mol. The largest absolute Gasteiger partial charge is 0.454 e. The highest BCUT2D eigenvalue weighted by molar-refractivity contribution is 5.95. The number of fused-ring (bicyclic) bond motifs is 2. The fraction of sp³-hybridized carbons (Fsp3) is 0.316. The summed E-state index contributed by atoms with van der Waals surface area (Å²) in [5.41, 5.74) is 2.03. The molecule has 0 bridgehead atoms. The Morgan fingerprint density at radius 2 is 1.92 bits per heavy atom. The van der Waals surface area contributed by atoms with Crippen LogP contribution in [0, 0.1) is 0 Å². The summed E-state index contributed by atoms with van der Waals surface area (Å²) in [6.45, 7) is 0.411. The fourth-order valence-corrected chi connectivity index (χ4v) is 3.32. The molecule has 124 valence electrons. The van der Waals surface area contributed by atoms with Crippen LogP contribution < -0.4 is 14.8 Å². The van der Waals surface area contributed by atoms with Crippen LogP contribution in [0.2, 0.25) is 0 Å². The molecule has 0 unspecified atom stereocenters. The Kier molecular flexibility index (Phi) is 3.65. The van der Waals surface area contributed by atoms with Gasteiger partial charge >= 0.3 is 0 Å². The Labute approximate surface area is 140 Å². The van der Waals surface area contributed by atoms with Gasteiger partial charge in [0.1, 0.15) is 0 Å². The first-order chi connectivity index (χ1) is 11.6. The van der Waals surface area contributed by atoms with Gasteiger partial charge in [-0.05, 0) is 42.2 Å². The molecule has 1 aliphatic carbocycles. The minimum absolute atomic E-state index is 0.180. The number of hydrogen-bond donors (Lipinski definition) is 2. The molecule has 0 saturated carbocycles. The molecule has 2 aromatic rings. The Balaban J connectivity index is 1.42. The monoisotopic (exact) mass is 325 g/mol. The van der Waals surface area contributed by atoms with E-state index >= 15 is 0 Å². The van der Waals surface area contributed by atoms with Crippen LogP contribution in [0.25, 0.3) is 0 Å². The number of ether oxygens (including phenoxy) is 2. The van der Waals surface area contributed by atoms with Crippen LogP contribution in [0.3, 0.4) is 0 Å². The summed E-state index contributed by atoms with van der Waals surface area (Å²) in [6.07, 6.45) is 2.03. The van der Waals surface area contributed by atoms with Gasteiger partial charge in [-0.2, -0.15) is 0 Å². The highest BCUT2D eigenvalue weighted by Crippen LogP contribution is 2.32. The Hall–Kier alpha value is -2.53. The van der Waals surface area contributed by atoms with Crippen molar-refractivity contribution >= 4 is 5.91 Å². The third-order valence-electron chi connectivity index (χ3n) is 4.71. The topological polar surface area (TPSA) is 67.8 Å². The molecule has 1 aliphatic heterocycles. The fourth-order valence-electron chi connectivity index (χ4n) is 3.32. The molecule has 5 nitrogen and oxygen atoms in total.